The summed E-state index contributed by atoms with van der Waals surface area (Å²) in [4.78, 5) is 18.4. The Bertz CT molecular complexity index is 795. The van der Waals surface area contributed by atoms with Crippen molar-refractivity contribution < 1.29 is 18.7 Å². The van der Waals surface area contributed by atoms with E-state index in [0.717, 1.165) is 29.9 Å². The second-order valence-corrected chi connectivity index (χ2v) is 6.39. The Morgan fingerprint density at radius 3 is 2.72 bits per heavy atom. The number of methoxy groups -OCH3 is 1. The van der Waals surface area contributed by atoms with Gasteiger partial charge in [-0.3, -0.25) is 0 Å². The zero-order valence-electron chi connectivity index (χ0n) is 14.1. The molecule has 7 heteroatoms. The van der Waals surface area contributed by atoms with Crippen molar-refractivity contribution in [2.24, 2.45) is 0 Å². The van der Waals surface area contributed by atoms with Gasteiger partial charge in [-0.25, -0.2) is 14.2 Å². The molecule has 0 spiro atoms. The maximum Gasteiger partial charge on any atom is 0.340 e. The van der Waals surface area contributed by atoms with Gasteiger partial charge >= 0.3 is 5.97 Å². The van der Waals surface area contributed by atoms with Gasteiger partial charge < -0.3 is 18.9 Å². The second-order valence-electron chi connectivity index (χ2n) is 6.39. The quantitative estimate of drug-likeness (QED) is 0.797. The third-order valence-corrected chi connectivity index (χ3v) is 4.70. The van der Waals surface area contributed by atoms with Crippen molar-refractivity contribution in [2.45, 2.75) is 18.8 Å². The summed E-state index contributed by atoms with van der Waals surface area (Å²) in [5.74, 6) is -0.747. The van der Waals surface area contributed by atoms with E-state index in [0.29, 0.717) is 32.2 Å². The van der Waals surface area contributed by atoms with E-state index in [1.165, 1.54) is 13.2 Å². The van der Waals surface area contributed by atoms with Crippen LogP contribution in [0, 0.1) is 5.82 Å². The van der Waals surface area contributed by atoms with E-state index in [2.05, 4.69) is 9.88 Å². The van der Waals surface area contributed by atoms with Crippen LogP contribution in [0.3, 0.4) is 0 Å². The minimum Gasteiger partial charge on any atom is -0.465 e. The highest BCUT2D eigenvalue weighted by atomic mass is 19.1. The van der Waals surface area contributed by atoms with Gasteiger partial charge in [-0.2, -0.15) is 0 Å². The molecule has 4 rings (SSSR count). The number of morpholine rings is 1. The summed E-state index contributed by atoms with van der Waals surface area (Å²) in [6, 6.07) is 2.95. The second kappa shape index (κ2) is 6.48. The third kappa shape index (κ3) is 3.11. The molecule has 2 heterocycles. The summed E-state index contributed by atoms with van der Waals surface area (Å²) in [5, 5.41) is 0. The number of carbonyl (C=O) groups is 1. The molecular weight excluding hydrogens is 325 g/mol. The van der Waals surface area contributed by atoms with Gasteiger partial charge in [0.1, 0.15) is 5.82 Å². The van der Waals surface area contributed by atoms with Crippen LogP contribution in [0.2, 0.25) is 0 Å². The predicted octanol–water partition coefficient (Wildman–Crippen LogP) is 2.51. The molecule has 0 unspecified atom stereocenters. The standard InChI is InChI=1S/C18H20FN3O3/c1-24-18(23)13-8-16(22-10-15(20-11-22)12-2-3-12)17(9-14(13)19)21-4-6-25-7-5-21/h8-12H,2-7H2,1H3. The van der Waals surface area contributed by atoms with Crippen molar-refractivity contribution >= 4 is 11.7 Å². The number of esters is 1. The Hall–Kier alpha value is -2.41. The smallest absolute Gasteiger partial charge is 0.340 e. The molecule has 132 valence electrons. The lowest BCUT2D eigenvalue weighted by molar-refractivity contribution is 0.0595. The first-order chi connectivity index (χ1) is 12.2. The highest BCUT2D eigenvalue weighted by Gasteiger charge is 2.27. The summed E-state index contributed by atoms with van der Waals surface area (Å²) in [5.41, 5.74) is 2.42. The molecular formula is C18H20FN3O3. The fraction of sp³-hybridized carbons (Fsp3) is 0.444. The first-order valence-corrected chi connectivity index (χ1v) is 8.46. The van der Waals surface area contributed by atoms with Crippen LogP contribution in [-0.4, -0.2) is 48.9 Å². The van der Waals surface area contributed by atoms with Crippen LogP contribution < -0.4 is 4.90 Å². The molecule has 1 aliphatic carbocycles. The highest BCUT2D eigenvalue weighted by molar-refractivity contribution is 5.91. The molecule has 1 aromatic carbocycles. The molecule has 0 radical (unpaired) electrons. The Morgan fingerprint density at radius 1 is 1.28 bits per heavy atom. The zero-order chi connectivity index (χ0) is 17.4. The molecule has 0 N–H and O–H groups in total. The Morgan fingerprint density at radius 2 is 2.04 bits per heavy atom. The molecule has 1 saturated carbocycles. The van der Waals surface area contributed by atoms with E-state index in [-0.39, 0.29) is 5.56 Å². The van der Waals surface area contributed by atoms with E-state index in [4.69, 9.17) is 9.47 Å². The molecule has 6 nitrogen and oxygen atoms in total. The fourth-order valence-electron chi connectivity index (χ4n) is 3.14. The lowest BCUT2D eigenvalue weighted by Crippen LogP contribution is -2.37. The average Bonchev–Trinajstić information content (AvgIpc) is 3.39. The summed E-state index contributed by atoms with van der Waals surface area (Å²) in [6.45, 7) is 2.54. The third-order valence-electron chi connectivity index (χ3n) is 4.70. The normalized spacial score (nSPS) is 17.6. The van der Waals surface area contributed by atoms with Crippen molar-refractivity contribution in [2.75, 3.05) is 38.3 Å². The topological polar surface area (TPSA) is 56.6 Å². The van der Waals surface area contributed by atoms with Gasteiger partial charge in [0.15, 0.2) is 0 Å². The lowest BCUT2D eigenvalue weighted by atomic mass is 10.1. The zero-order valence-corrected chi connectivity index (χ0v) is 14.1. The summed E-state index contributed by atoms with van der Waals surface area (Å²) < 4.78 is 26.5. The predicted molar refractivity (Wildman–Crippen MR) is 89.9 cm³/mol. The Kier molecular flexibility index (Phi) is 4.17. The fourth-order valence-corrected chi connectivity index (χ4v) is 3.14. The number of imidazole rings is 1. The molecule has 1 saturated heterocycles. The molecule has 25 heavy (non-hydrogen) atoms. The number of halogens is 1. The van der Waals surface area contributed by atoms with Crippen molar-refractivity contribution in [3.8, 4) is 5.69 Å². The molecule has 2 fully saturated rings. The number of hydrogen-bond acceptors (Lipinski definition) is 5. The number of carbonyl (C=O) groups excluding carboxylic acids is 1. The number of ether oxygens (including phenoxy) is 2. The van der Waals surface area contributed by atoms with Crippen LogP contribution in [-0.2, 0) is 9.47 Å². The van der Waals surface area contributed by atoms with Crippen LogP contribution in [0.1, 0.15) is 34.8 Å². The van der Waals surface area contributed by atoms with Gasteiger partial charge in [0.2, 0.25) is 0 Å². The van der Waals surface area contributed by atoms with E-state index in [1.54, 1.807) is 12.4 Å². The van der Waals surface area contributed by atoms with Crippen LogP contribution in [0.4, 0.5) is 10.1 Å². The van der Waals surface area contributed by atoms with Gasteiger partial charge in [-0.1, -0.05) is 0 Å². The van der Waals surface area contributed by atoms with Crippen molar-refractivity contribution in [1.29, 1.82) is 0 Å². The number of rotatable bonds is 4. The van der Waals surface area contributed by atoms with Gasteiger partial charge in [0.05, 0.1) is 49.3 Å². The average molecular weight is 345 g/mol. The first kappa shape index (κ1) is 16.1. The first-order valence-electron chi connectivity index (χ1n) is 8.46. The van der Waals surface area contributed by atoms with Crippen LogP contribution in [0.15, 0.2) is 24.7 Å². The largest absolute Gasteiger partial charge is 0.465 e. The number of anilines is 1. The molecule has 1 aromatic heterocycles. The van der Waals surface area contributed by atoms with Crippen LogP contribution in [0.25, 0.3) is 5.69 Å². The molecule has 0 atom stereocenters. The lowest BCUT2D eigenvalue weighted by Gasteiger charge is -2.31. The summed E-state index contributed by atoms with van der Waals surface area (Å²) in [7, 11) is 1.25. The van der Waals surface area contributed by atoms with E-state index >= 15 is 0 Å². The number of nitrogens with zero attached hydrogens (tertiary/aromatic N) is 3. The van der Waals surface area contributed by atoms with Crippen LogP contribution >= 0.6 is 0 Å². The molecule has 1 aliphatic heterocycles. The van der Waals surface area contributed by atoms with E-state index < -0.39 is 11.8 Å². The Labute approximate surface area is 145 Å². The SMILES string of the molecule is COC(=O)c1cc(-n2cnc(C3CC3)c2)c(N2CCOCC2)cc1F. The van der Waals surface area contributed by atoms with Gasteiger partial charge in [0.25, 0.3) is 0 Å². The number of hydrogen-bond donors (Lipinski definition) is 0. The van der Waals surface area contributed by atoms with Gasteiger partial charge in [-0.05, 0) is 18.9 Å². The number of benzene rings is 1. The van der Waals surface area contributed by atoms with E-state index in [1.807, 2.05) is 10.8 Å². The van der Waals surface area contributed by atoms with Crippen molar-refractivity contribution in [3.05, 3.63) is 41.7 Å². The summed E-state index contributed by atoms with van der Waals surface area (Å²) >= 11 is 0. The highest BCUT2D eigenvalue weighted by Crippen LogP contribution is 2.39. The minimum absolute atomic E-state index is 0.0730. The molecule has 2 aliphatic rings. The molecule has 0 bridgehead atoms. The Balaban J connectivity index is 1.80. The molecule has 0 amide bonds. The van der Waals surface area contributed by atoms with E-state index in [9.17, 15) is 9.18 Å². The monoisotopic (exact) mass is 345 g/mol. The van der Waals surface area contributed by atoms with Gasteiger partial charge in [0, 0.05) is 31.3 Å². The van der Waals surface area contributed by atoms with Gasteiger partial charge in [-0.15, -0.1) is 0 Å². The van der Waals surface area contributed by atoms with Crippen molar-refractivity contribution in [3.63, 3.8) is 0 Å². The maximum absolute atomic E-state index is 14.5. The summed E-state index contributed by atoms with van der Waals surface area (Å²) in [6.07, 6.45) is 6.01. The maximum atomic E-state index is 14.5. The minimum atomic E-state index is -0.685. The number of aromatic nitrogens is 2. The molecule has 2 aromatic rings. The van der Waals surface area contributed by atoms with Crippen LogP contribution in [0.5, 0.6) is 0 Å². The van der Waals surface area contributed by atoms with Crippen molar-refractivity contribution in [1.82, 2.24) is 9.55 Å².